The van der Waals surface area contributed by atoms with Crippen molar-refractivity contribution in [2.45, 2.75) is 79.9 Å². The normalized spacial score (nSPS) is 11.6. The predicted molar refractivity (Wildman–Crippen MR) is 175 cm³/mol. The second-order valence-corrected chi connectivity index (χ2v) is 12.6. The third kappa shape index (κ3) is 8.33. The molecule has 0 saturated carbocycles. The Morgan fingerprint density at radius 1 is 0.857 bits per heavy atom. The average Bonchev–Trinajstić information content (AvgIpc) is 3.24. The van der Waals surface area contributed by atoms with Gasteiger partial charge in [-0.1, -0.05) is 49.2 Å². The van der Waals surface area contributed by atoms with Gasteiger partial charge in [0.25, 0.3) is 0 Å². The molecule has 0 aliphatic rings. The van der Waals surface area contributed by atoms with Crippen molar-refractivity contribution in [3.8, 4) is 0 Å². The number of aryl methyl sites for hydroxylation is 1. The molecule has 0 saturated heterocycles. The summed E-state index contributed by atoms with van der Waals surface area (Å²) in [6.45, 7) is 16.5. The SMILES string of the molecule is CC.Cc1ccc(Nc2ccc3c([nH]c4ccc(Cl)cc43)c2CCN(C(=O)OC(C)(C)C)C(=O)OC(C)(C)C)cc1Cl. The van der Waals surface area contributed by atoms with Crippen LogP contribution in [0.1, 0.15) is 66.5 Å². The summed E-state index contributed by atoms with van der Waals surface area (Å²) < 4.78 is 11.1. The summed E-state index contributed by atoms with van der Waals surface area (Å²) in [7, 11) is 0. The van der Waals surface area contributed by atoms with E-state index in [2.05, 4.69) is 10.3 Å². The molecule has 0 aliphatic carbocycles. The van der Waals surface area contributed by atoms with Crippen LogP contribution in [-0.4, -0.2) is 39.8 Å². The lowest BCUT2D eigenvalue weighted by molar-refractivity contribution is 0.00172. The molecular weight excluding hydrogens is 573 g/mol. The number of hydrogen-bond acceptors (Lipinski definition) is 5. The number of H-pyrrole nitrogens is 1. The van der Waals surface area contributed by atoms with Gasteiger partial charge in [0.2, 0.25) is 0 Å². The molecule has 0 unspecified atom stereocenters. The van der Waals surface area contributed by atoms with Crippen molar-refractivity contribution in [3.63, 3.8) is 0 Å². The van der Waals surface area contributed by atoms with Gasteiger partial charge in [-0.3, -0.25) is 0 Å². The molecule has 0 fully saturated rings. The number of aromatic nitrogens is 1. The fourth-order valence-electron chi connectivity index (χ4n) is 4.32. The van der Waals surface area contributed by atoms with Crippen molar-refractivity contribution in [3.05, 3.63) is 69.7 Å². The number of rotatable bonds is 5. The molecule has 7 nitrogen and oxygen atoms in total. The van der Waals surface area contributed by atoms with Crippen LogP contribution in [0.5, 0.6) is 0 Å². The van der Waals surface area contributed by atoms with Crippen LogP contribution < -0.4 is 5.32 Å². The number of aromatic amines is 1. The van der Waals surface area contributed by atoms with Crippen molar-refractivity contribution in [2.24, 2.45) is 0 Å². The van der Waals surface area contributed by atoms with Crippen LogP contribution in [0.3, 0.4) is 0 Å². The Morgan fingerprint density at radius 3 is 2.05 bits per heavy atom. The summed E-state index contributed by atoms with van der Waals surface area (Å²) in [6.07, 6.45) is -1.22. The number of amides is 2. The zero-order chi connectivity index (χ0) is 31.4. The second-order valence-electron chi connectivity index (χ2n) is 11.8. The summed E-state index contributed by atoms with van der Waals surface area (Å²) >= 11 is 12.7. The number of anilines is 2. The highest BCUT2D eigenvalue weighted by atomic mass is 35.5. The van der Waals surface area contributed by atoms with Gasteiger partial charge in [0, 0.05) is 49.8 Å². The van der Waals surface area contributed by atoms with Crippen molar-refractivity contribution < 1.29 is 19.1 Å². The van der Waals surface area contributed by atoms with Crippen LogP contribution in [0.25, 0.3) is 21.8 Å². The molecule has 4 aromatic rings. The highest BCUT2D eigenvalue weighted by Crippen LogP contribution is 2.35. The summed E-state index contributed by atoms with van der Waals surface area (Å²) in [5.74, 6) is 0. The maximum atomic E-state index is 13.1. The molecule has 1 heterocycles. The average molecular weight is 615 g/mol. The topological polar surface area (TPSA) is 83.7 Å². The lowest BCUT2D eigenvalue weighted by atomic mass is 10.0. The van der Waals surface area contributed by atoms with E-state index in [-0.39, 0.29) is 6.54 Å². The minimum absolute atomic E-state index is 0.0302. The van der Waals surface area contributed by atoms with Crippen LogP contribution in [-0.2, 0) is 15.9 Å². The number of nitrogens with zero attached hydrogens (tertiary/aromatic N) is 1. The lowest BCUT2D eigenvalue weighted by Crippen LogP contribution is -2.44. The van der Waals surface area contributed by atoms with Crippen molar-refractivity contribution in [1.29, 1.82) is 0 Å². The number of fused-ring (bicyclic) bond motifs is 3. The fourth-order valence-corrected chi connectivity index (χ4v) is 4.67. The smallest absolute Gasteiger partial charge is 0.419 e. The number of hydrogen-bond donors (Lipinski definition) is 2. The van der Waals surface area contributed by atoms with E-state index in [1.165, 1.54) is 0 Å². The van der Waals surface area contributed by atoms with E-state index in [4.69, 9.17) is 32.7 Å². The number of carbonyl (C=O) groups excluding carboxylic acids is 2. The molecule has 0 aliphatic heterocycles. The summed E-state index contributed by atoms with van der Waals surface area (Å²) in [4.78, 5) is 30.8. The molecule has 42 heavy (non-hydrogen) atoms. The van der Waals surface area contributed by atoms with E-state index in [1.54, 1.807) is 41.5 Å². The molecule has 4 rings (SSSR count). The van der Waals surface area contributed by atoms with Gasteiger partial charge in [-0.25, -0.2) is 14.5 Å². The van der Waals surface area contributed by atoms with Crippen LogP contribution >= 0.6 is 23.2 Å². The third-order valence-electron chi connectivity index (χ3n) is 6.11. The second kappa shape index (κ2) is 13.3. The van der Waals surface area contributed by atoms with Crippen LogP contribution in [0.2, 0.25) is 10.0 Å². The van der Waals surface area contributed by atoms with Gasteiger partial charge in [-0.05, 0) is 96.8 Å². The fraction of sp³-hybridized carbons (Fsp3) is 0.394. The van der Waals surface area contributed by atoms with Gasteiger partial charge < -0.3 is 19.8 Å². The molecule has 2 N–H and O–H groups in total. The van der Waals surface area contributed by atoms with E-state index >= 15 is 0 Å². The summed E-state index contributed by atoms with van der Waals surface area (Å²) in [5, 5.41) is 6.69. The van der Waals surface area contributed by atoms with E-state index in [0.717, 1.165) is 49.2 Å². The molecule has 9 heteroatoms. The van der Waals surface area contributed by atoms with Crippen LogP contribution in [0.4, 0.5) is 21.0 Å². The molecule has 2 amide bonds. The van der Waals surface area contributed by atoms with Gasteiger partial charge in [0.15, 0.2) is 0 Å². The van der Waals surface area contributed by atoms with E-state index in [0.29, 0.717) is 16.5 Å². The molecule has 0 spiro atoms. The van der Waals surface area contributed by atoms with Gasteiger partial charge in [-0.2, -0.15) is 0 Å². The van der Waals surface area contributed by atoms with Crippen molar-refractivity contribution >= 4 is 68.6 Å². The summed E-state index contributed by atoms with van der Waals surface area (Å²) in [6, 6.07) is 15.4. The Balaban J connectivity index is 0.00000237. The third-order valence-corrected chi connectivity index (χ3v) is 6.75. The molecule has 3 aromatic carbocycles. The van der Waals surface area contributed by atoms with Gasteiger partial charge in [0.05, 0.1) is 5.52 Å². The number of halogens is 2. The maximum absolute atomic E-state index is 13.1. The Kier molecular flexibility index (Phi) is 10.4. The zero-order valence-electron chi connectivity index (χ0n) is 25.9. The molecular formula is C33H41Cl2N3O4. The number of carbonyl (C=O) groups is 2. The largest absolute Gasteiger partial charge is 0.443 e. The first-order valence-corrected chi connectivity index (χ1v) is 14.9. The lowest BCUT2D eigenvalue weighted by Gasteiger charge is -2.29. The minimum atomic E-state index is -0.786. The number of nitrogens with one attached hydrogen (secondary N) is 2. The minimum Gasteiger partial charge on any atom is -0.443 e. The monoisotopic (exact) mass is 613 g/mol. The first-order chi connectivity index (χ1) is 19.6. The van der Waals surface area contributed by atoms with Crippen LogP contribution in [0, 0.1) is 6.92 Å². The Morgan fingerprint density at radius 2 is 1.48 bits per heavy atom. The Labute approximate surface area is 258 Å². The van der Waals surface area contributed by atoms with Gasteiger partial charge in [-0.15, -0.1) is 0 Å². The quantitative estimate of drug-likeness (QED) is 0.234. The Bertz CT molecular complexity index is 1550. The maximum Gasteiger partial charge on any atom is 0.419 e. The van der Waals surface area contributed by atoms with Gasteiger partial charge >= 0.3 is 12.2 Å². The molecule has 1 aromatic heterocycles. The van der Waals surface area contributed by atoms with Crippen LogP contribution in [0.15, 0.2) is 48.5 Å². The number of benzene rings is 3. The molecule has 0 bridgehead atoms. The zero-order valence-corrected chi connectivity index (χ0v) is 27.4. The molecule has 226 valence electrons. The van der Waals surface area contributed by atoms with E-state index < -0.39 is 23.4 Å². The number of imide groups is 1. The Hall–Kier alpha value is -3.42. The van der Waals surface area contributed by atoms with Gasteiger partial charge in [0.1, 0.15) is 11.2 Å². The molecule has 0 radical (unpaired) electrons. The van der Waals surface area contributed by atoms with E-state index in [9.17, 15) is 9.59 Å². The van der Waals surface area contributed by atoms with Crippen molar-refractivity contribution in [1.82, 2.24) is 9.88 Å². The van der Waals surface area contributed by atoms with E-state index in [1.807, 2.05) is 69.3 Å². The van der Waals surface area contributed by atoms with Crippen molar-refractivity contribution in [2.75, 3.05) is 11.9 Å². The summed E-state index contributed by atoms with van der Waals surface area (Å²) in [5.41, 5.74) is 3.68. The predicted octanol–water partition coefficient (Wildman–Crippen LogP) is 10.4. The standard InChI is InChI=1S/C31H35Cl2N3O4.C2H6/c1-18-8-10-20(17-24(18)33)34-25-13-11-21-23-16-19(32)9-12-26(23)35-27(21)22(25)14-15-36(28(37)39-30(2,3)4)29(38)40-31(5,6)7;1-2/h8-13,16-17,34-35H,14-15H2,1-7H3;1-2H3. The highest BCUT2D eigenvalue weighted by Gasteiger charge is 2.31. The highest BCUT2D eigenvalue weighted by molar-refractivity contribution is 6.32. The number of ether oxygens (including phenoxy) is 2. The first kappa shape index (κ1) is 33.1. The first-order valence-electron chi connectivity index (χ1n) is 14.1. The molecule has 0 atom stereocenters.